The first-order valence-corrected chi connectivity index (χ1v) is 9.79. The lowest BCUT2D eigenvalue weighted by atomic mass is 10.2. The molecule has 0 aromatic rings. The SMILES string of the molecule is CCC/C=C(/SC[C@H](NC(=O)OC(C)(C)C)C(=O)OCC)C(=O)OCC. The van der Waals surface area contributed by atoms with Crippen LogP contribution in [0.15, 0.2) is 11.0 Å². The van der Waals surface area contributed by atoms with Crippen LogP contribution in [0.4, 0.5) is 4.79 Å². The van der Waals surface area contributed by atoms with Crippen molar-refractivity contribution in [3.8, 4) is 0 Å². The maximum Gasteiger partial charge on any atom is 0.408 e. The van der Waals surface area contributed by atoms with Crippen molar-refractivity contribution >= 4 is 29.8 Å². The van der Waals surface area contributed by atoms with Crippen molar-refractivity contribution in [2.24, 2.45) is 0 Å². The number of allylic oxidation sites excluding steroid dienone is 1. The number of amides is 1. The lowest BCUT2D eigenvalue weighted by Crippen LogP contribution is -2.45. The van der Waals surface area contributed by atoms with E-state index in [4.69, 9.17) is 14.2 Å². The summed E-state index contributed by atoms with van der Waals surface area (Å²) in [7, 11) is 0. The van der Waals surface area contributed by atoms with Crippen LogP contribution in [0.25, 0.3) is 0 Å². The third-order valence-corrected chi connectivity index (χ3v) is 3.91. The van der Waals surface area contributed by atoms with Gasteiger partial charge in [-0.15, -0.1) is 11.8 Å². The monoisotopic (exact) mass is 389 g/mol. The maximum atomic E-state index is 12.1. The Morgan fingerprint density at radius 2 is 1.69 bits per heavy atom. The molecule has 8 heteroatoms. The summed E-state index contributed by atoms with van der Waals surface area (Å²) in [5.41, 5.74) is -0.687. The van der Waals surface area contributed by atoms with E-state index < -0.39 is 29.7 Å². The van der Waals surface area contributed by atoms with E-state index in [0.717, 1.165) is 18.2 Å². The van der Waals surface area contributed by atoms with Gasteiger partial charge in [-0.2, -0.15) is 0 Å². The van der Waals surface area contributed by atoms with Crippen molar-refractivity contribution in [2.45, 2.75) is 66.0 Å². The van der Waals surface area contributed by atoms with Crippen LogP contribution in [0.2, 0.25) is 0 Å². The first-order chi connectivity index (χ1) is 12.1. The molecule has 0 unspecified atom stereocenters. The van der Waals surface area contributed by atoms with Gasteiger partial charge in [0.2, 0.25) is 0 Å². The van der Waals surface area contributed by atoms with Crippen molar-refractivity contribution in [2.75, 3.05) is 19.0 Å². The quantitative estimate of drug-likeness (QED) is 0.348. The van der Waals surface area contributed by atoms with E-state index in [9.17, 15) is 14.4 Å². The molecular formula is C18H31NO6S. The number of hydrogen-bond donors (Lipinski definition) is 1. The van der Waals surface area contributed by atoms with Crippen molar-refractivity contribution in [3.63, 3.8) is 0 Å². The molecule has 0 radical (unpaired) electrons. The second kappa shape index (κ2) is 12.6. The van der Waals surface area contributed by atoms with Gasteiger partial charge in [-0.1, -0.05) is 19.4 Å². The highest BCUT2D eigenvalue weighted by atomic mass is 32.2. The molecule has 0 saturated carbocycles. The number of nitrogens with one attached hydrogen (secondary N) is 1. The molecule has 0 spiro atoms. The van der Waals surface area contributed by atoms with E-state index in [1.807, 2.05) is 6.92 Å². The summed E-state index contributed by atoms with van der Waals surface area (Å²) in [5.74, 6) is -0.887. The predicted octanol–water partition coefficient (Wildman–Crippen LogP) is 3.42. The van der Waals surface area contributed by atoms with Crippen LogP contribution in [0.5, 0.6) is 0 Å². The molecule has 1 amide bonds. The van der Waals surface area contributed by atoms with E-state index in [-0.39, 0.29) is 19.0 Å². The Bertz CT molecular complexity index is 498. The molecular weight excluding hydrogens is 358 g/mol. The largest absolute Gasteiger partial charge is 0.464 e. The zero-order valence-corrected chi connectivity index (χ0v) is 17.4. The fourth-order valence-corrected chi connectivity index (χ4v) is 2.69. The topological polar surface area (TPSA) is 90.9 Å². The third-order valence-electron chi connectivity index (χ3n) is 2.76. The van der Waals surface area contributed by atoms with Gasteiger partial charge < -0.3 is 19.5 Å². The number of thioether (sulfide) groups is 1. The van der Waals surface area contributed by atoms with Crippen molar-refractivity contribution in [1.29, 1.82) is 0 Å². The molecule has 0 aliphatic heterocycles. The third kappa shape index (κ3) is 11.0. The fourth-order valence-electron chi connectivity index (χ4n) is 1.71. The highest BCUT2D eigenvalue weighted by Crippen LogP contribution is 2.20. The number of alkyl carbamates (subject to hydrolysis) is 1. The highest BCUT2D eigenvalue weighted by molar-refractivity contribution is 8.04. The van der Waals surface area contributed by atoms with Crippen LogP contribution in [0, 0.1) is 0 Å². The van der Waals surface area contributed by atoms with E-state index in [0.29, 0.717) is 11.3 Å². The van der Waals surface area contributed by atoms with Crippen LogP contribution in [-0.2, 0) is 23.8 Å². The van der Waals surface area contributed by atoms with E-state index in [1.165, 1.54) is 0 Å². The molecule has 0 fully saturated rings. The minimum atomic E-state index is -0.936. The molecule has 150 valence electrons. The van der Waals surface area contributed by atoms with Gasteiger partial charge in [-0.25, -0.2) is 14.4 Å². The van der Waals surface area contributed by atoms with Gasteiger partial charge in [0.1, 0.15) is 11.6 Å². The number of unbranched alkanes of at least 4 members (excludes halogenated alkanes) is 1. The Morgan fingerprint density at radius 1 is 1.08 bits per heavy atom. The number of esters is 2. The molecule has 1 N–H and O–H groups in total. The molecule has 0 aromatic heterocycles. The van der Waals surface area contributed by atoms with Gasteiger partial charge >= 0.3 is 18.0 Å². The number of carbonyl (C=O) groups is 3. The maximum absolute atomic E-state index is 12.1. The molecule has 7 nitrogen and oxygen atoms in total. The molecule has 0 aliphatic carbocycles. The Balaban J connectivity index is 5.05. The van der Waals surface area contributed by atoms with Crippen LogP contribution in [0.3, 0.4) is 0 Å². The molecule has 0 aromatic carbocycles. The minimum absolute atomic E-state index is 0.131. The van der Waals surface area contributed by atoms with Crippen molar-refractivity contribution in [1.82, 2.24) is 5.32 Å². The minimum Gasteiger partial charge on any atom is -0.464 e. The molecule has 26 heavy (non-hydrogen) atoms. The van der Waals surface area contributed by atoms with Gasteiger partial charge in [-0.05, 0) is 41.0 Å². The van der Waals surface area contributed by atoms with Gasteiger partial charge in [0.15, 0.2) is 0 Å². The smallest absolute Gasteiger partial charge is 0.408 e. The molecule has 0 heterocycles. The normalized spacial score (nSPS) is 12.9. The summed E-state index contributed by atoms with van der Waals surface area (Å²) in [6, 6.07) is -0.936. The fraction of sp³-hybridized carbons (Fsp3) is 0.722. The molecule has 0 rings (SSSR count). The molecule has 0 aliphatic rings. The lowest BCUT2D eigenvalue weighted by molar-refractivity contribution is -0.145. The Morgan fingerprint density at radius 3 is 2.19 bits per heavy atom. The second-order valence-corrected chi connectivity index (χ2v) is 7.40. The average Bonchev–Trinajstić information content (AvgIpc) is 2.52. The van der Waals surface area contributed by atoms with Crippen LogP contribution >= 0.6 is 11.8 Å². The van der Waals surface area contributed by atoms with Crippen LogP contribution in [0.1, 0.15) is 54.4 Å². The standard InChI is InChI=1S/C18H31NO6S/c1-7-10-11-14(16(21)24-9-3)26-12-13(15(20)23-8-2)19-17(22)25-18(4,5)6/h11,13H,7-10,12H2,1-6H3,(H,19,22)/b14-11+/t13-/m0/s1. The Kier molecular flexibility index (Phi) is 11.8. The summed E-state index contributed by atoms with van der Waals surface area (Å²) in [6.45, 7) is 11.0. The zero-order valence-electron chi connectivity index (χ0n) is 16.5. The van der Waals surface area contributed by atoms with Gasteiger partial charge in [0.25, 0.3) is 0 Å². The van der Waals surface area contributed by atoms with Crippen molar-refractivity contribution in [3.05, 3.63) is 11.0 Å². The van der Waals surface area contributed by atoms with E-state index >= 15 is 0 Å². The summed E-state index contributed by atoms with van der Waals surface area (Å²) in [4.78, 5) is 36.5. The first-order valence-electron chi connectivity index (χ1n) is 8.80. The summed E-state index contributed by atoms with van der Waals surface area (Å²) < 4.78 is 15.2. The van der Waals surface area contributed by atoms with Gasteiger partial charge in [0.05, 0.1) is 18.1 Å². The molecule has 0 bridgehead atoms. The van der Waals surface area contributed by atoms with E-state index in [1.54, 1.807) is 40.7 Å². The van der Waals surface area contributed by atoms with Crippen LogP contribution in [-0.4, -0.2) is 48.6 Å². The number of rotatable bonds is 10. The molecule has 0 saturated heterocycles. The van der Waals surface area contributed by atoms with Gasteiger partial charge in [-0.3, -0.25) is 0 Å². The number of ether oxygens (including phenoxy) is 3. The lowest BCUT2D eigenvalue weighted by Gasteiger charge is -2.22. The summed E-state index contributed by atoms with van der Waals surface area (Å²) in [5, 5.41) is 2.50. The first kappa shape index (κ1) is 24.3. The van der Waals surface area contributed by atoms with E-state index in [2.05, 4.69) is 5.32 Å². The van der Waals surface area contributed by atoms with Gasteiger partial charge in [0, 0.05) is 5.75 Å². The summed E-state index contributed by atoms with van der Waals surface area (Å²) in [6.07, 6.45) is 2.65. The average molecular weight is 390 g/mol. The van der Waals surface area contributed by atoms with Crippen molar-refractivity contribution < 1.29 is 28.6 Å². The summed E-state index contributed by atoms with van der Waals surface area (Å²) >= 11 is 1.15. The number of hydrogen-bond acceptors (Lipinski definition) is 7. The Hall–Kier alpha value is -1.70. The number of carbonyl (C=O) groups excluding carboxylic acids is 3. The Labute approximate surface area is 160 Å². The predicted molar refractivity (Wildman–Crippen MR) is 102 cm³/mol. The second-order valence-electron chi connectivity index (χ2n) is 6.34. The zero-order chi connectivity index (χ0) is 20.2. The van der Waals surface area contributed by atoms with Crippen LogP contribution < -0.4 is 5.32 Å². The highest BCUT2D eigenvalue weighted by Gasteiger charge is 2.26. The molecule has 1 atom stereocenters.